The molecule has 0 radical (unpaired) electrons. The molecule has 0 aliphatic heterocycles. The van der Waals surface area contributed by atoms with Crippen LogP contribution in [0.5, 0.6) is 0 Å². The van der Waals surface area contributed by atoms with E-state index >= 15 is 0 Å². The molecule has 6 nitrogen and oxygen atoms in total. The molecule has 0 saturated carbocycles. The fraction of sp³-hybridized carbons (Fsp3) is 0.167. The summed E-state index contributed by atoms with van der Waals surface area (Å²) < 4.78 is 82.5. The molecule has 0 aliphatic carbocycles. The van der Waals surface area contributed by atoms with Gasteiger partial charge in [0.1, 0.15) is 11.3 Å². The minimum Gasteiger partial charge on any atom is -0.367 e. The van der Waals surface area contributed by atoms with E-state index in [1.54, 1.807) is 12.1 Å². The van der Waals surface area contributed by atoms with E-state index in [1.807, 2.05) is 0 Å². The largest absolute Gasteiger partial charge is 0.416 e. The Hall–Kier alpha value is -3.57. The van der Waals surface area contributed by atoms with Gasteiger partial charge in [0.2, 0.25) is 5.88 Å². The molecular formula is C18H12F6N4O2. The van der Waals surface area contributed by atoms with E-state index in [-0.39, 0.29) is 23.2 Å². The Morgan fingerprint density at radius 2 is 1.70 bits per heavy atom. The van der Waals surface area contributed by atoms with Crippen LogP contribution in [-0.2, 0) is 18.9 Å². The van der Waals surface area contributed by atoms with Crippen LogP contribution in [0.4, 0.5) is 32.2 Å². The SMILES string of the molecule is Nc1onc(-c2cccnc2)c1C(=O)NCc1cc(C(F)(F)F)cc(C(F)(F)F)c1. The van der Waals surface area contributed by atoms with Crippen molar-refractivity contribution in [1.29, 1.82) is 0 Å². The highest BCUT2D eigenvalue weighted by atomic mass is 19.4. The van der Waals surface area contributed by atoms with Gasteiger partial charge in [0.05, 0.1) is 11.1 Å². The monoisotopic (exact) mass is 430 g/mol. The number of amides is 1. The second-order valence-electron chi connectivity index (χ2n) is 6.11. The molecule has 30 heavy (non-hydrogen) atoms. The van der Waals surface area contributed by atoms with Crippen LogP contribution in [0.15, 0.2) is 47.2 Å². The fourth-order valence-corrected chi connectivity index (χ4v) is 2.61. The number of nitrogens with two attached hydrogens (primary N) is 1. The Kier molecular flexibility index (Phi) is 5.42. The average molecular weight is 430 g/mol. The van der Waals surface area contributed by atoms with Crippen LogP contribution >= 0.6 is 0 Å². The van der Waals surface area contributed by atoms with E-state index in [1.165, 1.54) is 12.4 Å². The van der Waals surface area contributed by atoms with Crippen LogP contribution in [0.25, 0.3) is 11.3 Å². The molecule has 3 N–H and O–H groups in total. The molecule has 12 heteroatoms. The highest BCUT2D eigenvalue weighted by Gasteiger charge is 2.37. The number of nitrogen functional groups attached to an aromatic ring is 1. The third-order valence-electron chi connectivity index (χ3n) is 3.98. The normalized spacial score (nSPS) is 12.1. The molecule has 1 amide bonds. The van der Waals surface area contributed by atoms with E-state index in [4.69, 9.17) is 10.3 Å². The zero-order valence-corrected chi connectivity index (χ0v) is 14.8. The Morgan fingerprint density at radius 1 is 1.07 bits per heavy atom. The molecule has 3 aromatic rings. The highest BCUT2D eigenvalue weighted by Crippen LogP contribution is 2.36. The first-order chi connectivity index (χ1) is 14.0. The Bertz CT molecular complexity index is 1030. The van der Waals surface area contributed by atoms with Crippen LogP contribution in [0, 0.1) is 0 Å². The number of nitrogens with zero attached hydrogens (tertiary/aromatic N) is 2. The van der Waals surface area contributed by atoms with Gasteiger partial charge in [0.15, 0.2) is 0 Å². The van der Waals surface area contributed by atoms with Gasteiger partial charge in [0, 0.05) is 24.5 Å². The summed E-state index contributed by atoms with van der Waals surface area (Å²) in [6, 6.07) is 4.17. The van der Waals surface area contributed by atoms with Crippen LogP contribution in [0.1, 0.15) is 27.0 Å². The van der Waals surface area contributed by atoms with Crippen molar-refractivity contribution in [1.82, 2.24) is 15.5 Å². The molecule has 3 rings (SSSR count). The lowest BCUT2D eigenvalue weighted by atomic mass is 10.0. The molecule has 0 spiro atoms. The van der Waals surface area contributed by atoms with Crippen LogP contribution in [0.3, 0.4) is 0 Å². The summed E-state index contributed by atoms with van der Waals surface area (Å²) in [7, 11) is 0. The standard InChI is InChI=1S/C18H12F6N4O2/c19-17(20,21)11-4-9(5-12(6-11)18(22,23)24)7-27-16(29)13-14(28-30-15(13)25)10-2-1-3-26-8-10/h1-6,8H,7,25H2,(H,27,29). The number of carbonyl (C=O) groups excluding carboxylic acids is 1. The van der Waals surface area contributed by atoms with Crippen molar-refractivity contribution in [2.24, 2.45) is 0 Å². The number of hydrogen-bond acceptors (Lipinski definition) is 5. The van der Waals surface area contributed by atoms with E-state index in [9.17, 15) is 31.1 Å². The van der Waals surface area contributed by atoms with Gasteiger partial charge in [-0.1, -0.05) is 5.16 Å². The first kappa shape index (κ1) is 21.1. The van der Waals surface area contributed by atoms with Crippen molar-refractivity contribution < 1.29 is 35.7 Å². The van der Waals surface area contributed by atoms with E-state index in [0.717, 1.165) is 0 Å². The van der Waals surface area contributed by atoms with E-state index < -0.39 is 41.5 Å². The summed E-state index contributed by atoms with van der Waals surface area (Å²) in [5.41, 5.74) is 2.42. The van der Waals surface area contributed by atoms with Gasteiger partial charge in [-0.3, -0.25) is 9.78 Å². The molecule has 0 unspecified atom stereocenters. The van der Waals surface area contributed by atoms with Gasteiger partial charge in [0.25, 0.3) is 5.91 Å². The second kappa shape index (κ2) is 7.69. The number of nitrogens with one attached hydrogen (secondary N) is 1. The molecule has 1 aromatic carbocycles. The van der Waals surface area contributed by atoms with E-state index in [2.05, 4.69) is 15.5 Å². The first-order valence-corrected chi connectivity index (χ1v) is 8.19. The highest BCUT2D eigenvalue weighted by molar-refractivity contribution is 6.03. The minimum atomic E-state index is -4.99. The number of alkyl halides is 6. The number of benzene rings is 1. The third-order valence-corrected chi connectivity index (χ3v) is 3.98. The van der Waals surface area contributed by atoms with Crippen molar-refractivity contribution in [2.75, 3.05) is 5.73 Å². The molecule has 0 saturated heterocycles. The van der Waals surface area contributed by atoms with Gasteiger partial charge in [-0.25, -0.2) is 0 Å². The zero-order chi connectivity index (χ0) is 22.1. The molecule has 2 aromatic heterocycles. The summed E-state index contributed by atoms with van der Waals surface area (Å²) in [5, 5.41) is 5.89. The molecular weight excluding hydrogens is 418 g/mol. The maximum Gasteiger partial charge on any atom is 0.416 e. The fourth-order valence-electron chi connectivity index (χ4n) is 2.61. The van der Waals surface area contributed by atoms with Crippen molar-refractivity contribution >= 4 is 11.8 Å². The molecule has 2 heterocycles. The maximum atomic E-state index is 13.0. The number of anilines is 1. The summed E-state index contributed by atoms with van der Waals surface area (Å²) in [4.78, 5) is 16.4. The van der Waals surface area contributed by atoms with Gasteiger partial charge in [-0.15, -0.1) is 0 Å². The first-order valence-electron chi connectivity index (χ1n) is 8.19. The molecule has 0 aliphatic rings. The molecule has 158 valence electrons. The van der Waals surface area contributed by atoms with Crippen molar-refractivity contribution in [3.05, 3.63) is 65.0 Å². The van der Waals surface area contributed by atoms with Gasteiger partial charge < -0.3 is 15.6 Å². The lowest BCUT2D eigenvalue weighted by Crippen LogP contribution is -2.24. The van der Waals surface area contributed by atoms with Crippen molar-refractivity contribution in [3.63, 3.8) is 0 Å². The number of pyridine rings is 1. The molecule has 0 atom stereocenters. The molecule has 0 fully saturated rings. The smallest absolute Gasteiger partial charge is 0.367 e. The van der Waals surface area contributed by atoms with Gasteiger partial charge in [-0.05, 0) is 35.9 Å². The van der Waals surface area contributed by atoms with Gasteiger partial charge in [-0.2, -0.15) is 26.3 Å². The summed E-state index contributed by atoms with van der Waals surface area (Å²) >= 11 is 0. The Balaban J connectivity index is 1.88. The van der Waals surface area contributed by atoms with Crippen LogP contribution in [0.2, 0.25) is 0 Å². The summed E-state index contributed by atoms with van der Waals surface area (Å²) in [6.45, 7) is -0.622. The predicted molar refractivity (Wildman–Crippen MR) is 91.8 cm³/mol. The predicted octanol–water partition coefficient (Wildman–Crippen LogP) is 4.29. The number of halogens is 6. The lowest BCUT2D eigenvalue weighted by molar-refractivity contribution is -0.143. The quantitative estimate of drug-likeness (QED) is 0.603. The number of carbonyl (C=O) groups is 1. The Morgan fingerprint density at radius 3 is 2.23 bits per heavy atom. The number of aromatic nitrogens is 2. The van der Waals surface area contributed by atoms with Crippen LogP contribution in [-0.4, -0.2) is 16.0 Å². The topological polar surface area (TPSA) is 94.0 Å². The van der Waals surface area contributed by atoms with Crippen molar-refractivity contribution in [3.8, 4) is 11.3 Å². The Labute approximate surface area is 164 Å². The van der Waals surface area contributed by atoms with Crippen molar-refractivity contribution in [2.45, 2.75) is 18.9 Å². The zero-order valence-electron chi connectivity index (χ0n) is 14.8. The number of hydrogen-bond donors (Lipinski definition) is 2. The summed E-state index contributed by atoms with van der Waals surface area (Å²) in [5.74, 6) is -1.26. The second-order valence-corrected chi connectivity index (χ2v) is 6.11. The number of rotatable bonds is 4. The molecule has 0 bridgehead atoms. The van der Waals surface area contributed by atoms with E-state index in [0.29, 0.717) is 17.7 Å². The lowest BCUT2D eigenvalue weighted by Gasteiger charge is -2.14. The van der Waals surface area contributed by atoms with Crippen LogP contribution < -0.4 is 11.1 Å². The third kappa shape index (κ3) is 4.53. The minimum absolute atomic E-state index is 0.00378. The maximum absolute atomic E-state index is 13.0. The summed E-state index contributed by atoms with van der Waals surface area (Å²) in [6.07, 6.45) is -7.14. The average Bonchev–Trinajstić information content (AvgIpc) is 3.07. The van der Waals surface area contributed by atoms with Gasteiger partial charge >= 0.3 is 12.4 Å².